The number of benzene rings is 1. The lowest BCUT2D eigenvalue weighted by molar-refractivity contribution is 0.792. The van der Waals surface area contributed by atoms with Crippen molar-refractivity contribution in [2.24, 2.45) is 0 Å². The van der Waals surface area contributed by atoms with E-state index < -0.39 is 0 Å². The van der Waals surface area contributed by atoms with Gasteiger partial charge in [0.2, 0.25) is 0 Å². The normalized spacial score (nSPS) is 11.1. The fraction of sp³-hybridized carbons (Fsp3) is 0.333. The number of aryl methyl sites for hydroxylation is 1. The zero-order valence-electron chi connectivity index (χ0n) is 9.02. The fourth-order valence-corrected chi connectivity index (χ4v) is 2.19. The van der Waals surface area contributed by atoms with Crippen LogP contribution in [0.5, 0.6) is 0 Å². The number of hydrogen-bond donors (Lipinski definition) is 2. The van der Waals surface area contributed by atoms with Crippen LogP contribution in [-0.2, 0) is 6.42 Å². The minimum atomic E-state index is 1.02. The first kappa shape index (κ1) is 10.7. The number of nitrogens with one attached hydrogen (secondary N) is 2. The van der Waals surface area contributed by atoms with Gasteiger partial charge in [0.15, 0.2) is 0 Å². The summed E-state index contributed by atoms with van der Waals surface area (Å²) in [6, 6.07) is 6.58. The van der Waals surface area contributed by atoms with Crippen molar-refractivity contribution in [3.05, 3.63) is 33.9 Å². The number of rotatable bonds is 3. The second-order valence-corrected chi connectivity index (χ2v) is 4.59. The monoisotopic (exact) mass is 266 g/mol. The molecule has 2 nitrogen and oxygen atoms in total. The minimum absolute atomic E-state index is 1.02. The van der Waals surface area contributed by atoms with Crippen molar-refractivity contribution in [2.45, 2.75) is 13.3 Å². The summed E-state index contributed by atoms with van der Waals surface area (Å²) in [7, 11) is 1.98. The van der Waals surface area contributed by atoms with Gasteiger partial charge >= 0.3 is 0 Å². The number of hydrogen-bond acceptors (Lipinski definition) is 1. The summed E-state index contributed by atoms with van der Waals surface area (Å²) in [5.41, 5.74) is 3.76. The molecule has 1 aromatic carbocycles. The highest BCUT2D eigenvalue weighted by atomic mass is 79.9. The smallest absolute Gasteiger partial charge is 0.0467 e. The Morgan fingerprint density at radius 1 is 1.40 bits per heavy atom. The van der Waals surface area contributed by atoms with Crippen molar-refractivity contribution in [3.63, 3.8) is 0 Å². The van der Waals surface area contributed by atoms with Crippen LogP contribution in [0.15, 0.2) is 22.7 Å². The molecular weight excluding hydrogens is 252 g/mol. The Balaban J connectivity index is 2.41. The zero-order valence-corrected chi connectivity index (χ0v) is 10.6. The van der Waals surface area contributed by atoms with Gasteiger partial charge in [-0.1, -0.05) is 6.07 Å². The Bertz CT molecular complexity index is 474. The largest absolute Gasteiger partial charge is 0.358 e. The van der Waals surface area contributed by atoms with E-state index in [1.54, 1.807) is 0 Å². The first-order valence-electron chi connectivity index (χ1n) is 5.13. The van der Waals surface area contributed by atoms with E-state index in [1.165, 1.54) is 26.6 Å². The number of likely N-dealkylation sites (N-methyl/N-ethyl adjacent to an activating group) is 1. The molecule has 0 saturated carbocycles. The van der Waals surface area contributed by atoms with Crippen molar-refractivity contribution < 1.29 is 0 Å². The van der Waals surface area contributed by atoms with Crippen LogP contribution in [0.3, 0.4) is 0 Å². The van der Waals surface area contributed by atoms with Crippen molar-refractivity contribution in [1.29, 1.82) is 0 Å². The number of aromatic amines is 1. The first-order valence-corrected chi connectivity index (χ1v) is 5.93. The number of halogens is 1. The third-order valence-electron chi connectivity index (χ3n) is 2.64. The molecule has 15 heavy (non-hydrogen) atoms. The molecule has 0 aliphatic rings. The molecule has 0 amide bonds. The van der Waals surface area contributed by atoms with Gasteiger partial charge in [0.25, 0.3) is 0 Å². The molecule has 80 valence electrons. The highest BCUT2D eigenvalue weighted by Crippen LogP contribution is 2.28. The van der Waals surface area contributed by atoms with Crippen molar-refractivity contribution in [1.82, 2.24) is 10.3 Å². The molecule has 2 N–H and O–H groups in total. The molecule has 0 bridgehead atoms. The molecule has 0 fully saturated rings. The maximum absolute atomic E-state index is 3.61. The van der Waals surface area contributed by atoms with Gasteiger partial charge < -0.3 is 10.3 Å². The molecule has 0 atom stereocenters. The summed E-state index contributed by atoms with van der Waals surface area (Å²) >= 11 is 3.61. The van der Waals surface area contributed by atoms with Gasteiger partial charge in [0.05, 0.1) is 0 Å². The lowest BCUT2D eigenvalue weighted by Gasteiger charge is -2.00. The molecule has 0 aliphatic carbocycles. The minimum Gasteiger partial charge on any atom is -0.358 e. The lowest BCUT2D eigenvalue weighted by atomic mass is 10.1. The van der Waals surface area contributed by atoms with E-state index in [0.717, 1.165) is 13.0 Å². The molecule has 0 radical (unpaired) electrons. The maximum Gasteiger partial charge on any atom is 0.0467 e. The summed E-state index contributed by atoms with van der Waals surface area (Å²) < 4.78 is 1.18. The van der Waals surface area contributed by atoms with E-state index >= 15 is 0 Å². The second-order valence-electron chi connectivity index (χ2n) is 3.80. The van der Waals surface area contributed by atoms with Crippen molar-refractivity contribution >= 4 is 26.8 Å². The molecule has 0 unspecified atom stereocenters. The van der Waals surface area contributed by atoms with Gasteiger partial charge in [-0.25, -0.2) is 0 Å². The fourth-order valence-electron chi connectivity index (χ4n) is 1.77. The third kappa shape index (κ3) is 2.08. The van der Waals surface area contributed by atoms with Gasteiger partial charge in [0, 0.05) is 21.1 Å². The van der Waals surface area contributed by atoms with E-state index in [4.69, 9.17) is 0 Å². The van der Waals surface area contributed by atoms with Crippen LogP contribution in [0.2, 0.25) is 0 Å². The number of aromatic nitrogens is 1. The molecule has 0 spiro atoms. The van der Waals surface area contributed by atoms with Gasteiger partial charge in [-0.15, -0.1) is 0 Å². The van der Waals surface area contributed by atoms with Crippen LogP contribution in [0.25, 0.3) is 10.9 Å². The van der Waals surface area contributed by atoms with Crippen molar-refractivity contribution in [3.8, 4) is 0 Å². The molecule has 0 saturated heterocycles. The summed E-state index contributed by atoms with van der Waals surface area (Å²) in [5, 5.41) is 4.44. The topological polar surface area (TPSA) is 27.8 Å². The van der Waals surface area contributed by atoms with Crippen LogP contribution >= 0.6 is 15.9 Å². The Hall–Kier alpha value is -0.800. The molecule has 2 aromatic rings. The van der Waals surface area contributed by atoms with Crippen molar-refractivity contribution in [2.75, 3.05) is 13.6 Å². The van der Waals surface area contributed by atoms with Crippen LogP contribution in [0.4, 0.5) is 0 Å². The Morgan fingerprint density at radius 2 is 2.20 bits per heavy atom. The molecule has 2 rings (SSSR count). The summed E-state index contributed by atoms with van der Waals surface area (Å²) in [5.74, 6) is 0. The third-order valence-corrected chi connectivity index (χ3v) is 3.66. The second kappa shape index (κ2) is 4.37. The molecular formula is C12H15BrN2. The molecule has 3 heteroatoms. The Labute approximate surface area is 98.2 Å². The summed E-state index contributed by atoms with van der Waals surface area (Å²) in [6.07, 6.45) is 1.07. The molecule has 1 heterocycles. The summed E-state index contributed by atoms with van der Waals surface area (Å²) in [4.78, 5) is 3.35. The van der Waals surface area contributed by atoms with Gasteiger partial charge in [-0.2, -0.15) is 0 Å². The zero-order chi connectivity index (χ0) is 10.8. The predicted molar refractivity (Wildman–Crippen MR) is 68.4 cm³/mol. The van der Waals surface area contributed by atoms with E-state index in [1.807, 2.05) is 7.05 Å². The van der Waals surface area contributed by atoms with E-state index in [9.17, 15) is 0 Å². The standard InChI is InChI=1S/C12H15BrN2/c1-8-12(13)10-7-9(5-6-14-2)3-4-11(10)15-8/h3-4,7,14-15H,5-6H2,1-2H3. The van der Waals surface area contributed by atoms with Crippen LogP contribution in [0, 0.1) is 6.92 Å². The SMILES string of the molecule is CNCCc1ccc2[nH]c(C)c(Br)c2c1. The Kier molecular flexibility index (Phi) is 3.12. The molecule has 0 aliphatic heterocycles. The average Bonchev–Trinajstić information content (AvgIpc) is 2.52. The lowest BCUT2D eigenvalue weighted by Crippen LogP contribution is -2.10. The molecule has 1 aromatic heterocycles. The number of H-pyrrole nitrogens is 1. The maximum atomic E-state index is 3.61. The van der Waals surface area contributed by atoms with Crippen LogP contribution < -0.4 is 5.32 Å². The quantitative estimate of drug-likeness (QED) is 0.879. The van der Waals surface area contributed by atoms with E-state index in [2.05, 4.69) is 51.4 Å². The van der Waals surface area contributed by atoms with Gasteiger partial charge in [0.1, 0.15) is 0 Å². The Morgan fingerprint density at radius 3 is 2.93 bits per heavy atom. The van der Waals surface area contributed by atoms with E-state index in [0.29, 0.717) is 0 Å². The predicted octanol–water partition coefficient (Wildman–Crippen LogP) is 3.00. The van der Waals surface area contributed by atoms with Crippen LogP contribution in [-0.4, -0.2) is 18.6 Å². The highest BCUT2D eigenvalue weighted by Gasteiger charge is 2.05. The van der Waals surface area contributed by atoms with Gasteiger partial charge in [-0.05, 0) is 60.6 Å². The highest BCUT2D eigenvalue weighted by molar-refractivity contribution is 9.10. The van der Waals surface area contributed by atoms with Gasteiger partial charge in [-0.3, -0.25) is 0 Å². The average molecular weight is 267 g/mol. The van der Waals surface area contributed by atoms with Crippen LogP contribution in [0.1, 0.15) is 11.3 Å². The first-order chi connectivity index (χ1) is 7.22. The van der Waals surface area contributed by atoms with E-state index in [-0.39, 0.29) is 0 Å². The summed E-state index contributed by atoms with van der Waals surface area (Å²) in [6.45, 7) is 3.10. The number of fused-ring (bicyclic) bond motifs is 1.